The minimum Gasteiger partial charge on any atom is -0.423 e. The highest BCUT2D eigenvalue weighted by atomic mass is 28.3. The van der Waals surface area contributed by atoms with Gasteiger partial charge >= 0.3 is 7.12 Å². The fourth-order valence-corrected chi connectivity index (χ4v) is 6.20. The van der Waals surface area contributed by atoms with Crippen molar-refractivity contribution in [3.05, 3.63) is 115 Å². The van der Waals surface area contributed by atoms with Gasteiger partial charge in [0.25, 0.3) is 0 Å². The Morgan fingerprint density at radius 3 is 1.14 bits per heavy atom. The smallest absolute Gasteiger partial charge is 0.423 e. The first-order chi connectivity index (χ1) is 21.6. The second-order valence-electron chi connectivity index (χ2n) is 5.41. The van der Waals surface area contributed by atoms with E-state index in [9.17, 15) is 10.0 Å². The zero-order valence-corrected chi connectivity index (χ0v) is 15.0. The van der Waals surface area contributed by atoms with E-state index in [2.05, 4.69) is 0 Å². The van der Waals surface area contributed by atoms with E-state index in [0.29, 0.717) is 0 Å². The fraction of sp³-hybridized carbons (Fsp3) is 0. The molecule has 0 aliphatic rings. The second kappa shape index (κ2) is 7.99. The summed E-state index contributed by atoms with van der Waals surface area (Å²) >= 11 is 0. The molecule has 4 aromatic rings. The van der Waals surface area contributed by atoms with Gasteiger partial charge in [0.15, 0.2) is 8.07 Å². The summed E-state index contributed by atoms with van der Waals surface area (Å²) in [7, 11) is -8.52. The molecule has 4 heteroatoms. The van der Waals surface area contributed by atoms with Gasteiger partial charge in [-0.05, 0) is 26.2 Å². The van der Waals surface area contributed by atoms with E-state index in [0.717, 1.165) is 0 Å². The first kappa shape index (κ1) is 6.56. The lowest BCUT2D eigenvalue weighted by atomic mass is 9.81. The summed E-state index contributed by atoms with van der Waals surface area (Å²) < 4.78 is 164. The Morgan fingerprint density at radius 1 is 0.500 bits per heavy atom. The van der Waals surface area contributed by atoms with Crippen molar-refractivity contribution in [2.75, 3.05) is 0 Å². The Kier molecular flexibility index (Phi) is 1.87. The summed E-state index contributed by atoms with van der Waals surface area (Å²) in [5.74, 6) is 0. The Balaban J connectivity index is 2.69. The van der Waals surface area contributed by atoms with Crippen molar-refractivity contribution in [2.24, 2.45) is 0 Å². The molecule has 4 aromatic carbocycles. The van der Waals surface area contributed by atoms with Crippen LogP contribution in [0.25, 0.3) is 0 Å². The Bertz CT molecular complexity index is 1750. The molecule has 28 heavy (non-hydrogen) atoms. The maximum absolute atomic E-state index is 9.92. The summed E-state index contributed by atoms with van der Waals surface area (Å²) in [5, 5.41) is 15.8. The molecular formula is C24H21BO2Si. The maximum atomic E-state index is 9.92. The molecule has 0 amide bonds. The van der Waals surface area contributed by atoms with E-state index in [-0.39, 0.29) is 0 Å². The highest BCUT2D eigenvalue weighted by Crippen LogP contribution is 2.09. The molecule has 2 nitrogen and oxygen atoms in total. The average Bonchev–Trinajstić information content (AvgIpc) is 3.01. The molecule has 0 bridgehead atoms. The molecular weight excluding hydrogens is 359 g/mol. The fourth-order valence-electron chi connectivity index (χ4n) is 2.70. The summed E-state index contributed by atoms with van der Waals surface area (Å²) in [6.07, 6.45) is 0. The molecule has 0 heterocycles. The van der Waals surface area contributed by atoms with Crippen molar-refractivity contribution in [3.8, 4) is 0 Å². The van der Waals surface area contributed by atoms with Gasteiger partial charge in [-0.1, -0.05) is 115 Å². The van der Waals surface area contributed by atoms with E-state index < -0.39 is 156 Å². The van der Waals surface area contributed by atoms with Crippen molar-refractivity contribution in [3.63, 3.8) is 0 Å². The molecule has 0 fully saturated rings. The molecule has 0 radical (unpaired) electrons. The summed E-state index contributed by atoms with van der Waals surface area (Å²) in [4.78, 5) is 0. The van der Waals surface area contributed by atoms with Gasteiger partial charge in [0.05, 0.1) is 26.0 Å². The highest BCUT2D eigenvalue weighted by Gasteiger charge is 2.41. The van der Waals surface area contributed by atoms with Crippen LogP contribution < -0.4 is 26.2 Å². The molecule has 0 aliphatic carbocycles. The molecule has 0 saturated carbocycles. The predicted molar refractivity (Wildman–Crippen MR) is 120 cm³/mol. The Labute approximate surface area is 193 Å². The number of rotatable bonds is 5. The number of benzene rings is 4. The lowest BCUT2D eigenvalue weighted by molar-refractivity contribution is 0.426. The first-order valence-corrected chi connectivity index (χ1v) is 9.81. The number of hydrogen-bond donors (Lipinski definition) is 2. The van der Waals surface area contributed by atoms with E-state index in [4.69, 9.17) is 26.0 Å². The third-order valence-electron chi connectivity index (χ3n) is 3.90. The summed E-state index contributed by atoms with van der Waals surface area (Å²) in [6, 6.07) is -21.0. The first-order valence-electron chi connectivity index (χ1n) is 17.3. The summed E-state index contributed by atoms with van der Waals surface area (Å²) in [5.41, 5.74) is -0.991. The van der Waals surface area contributed by atoms with Crippen LogP contribution in [0.5, 0.6) is 0 Å². The van der Waals surface area contributed by atoms with Gasteiger partial charge in [-0.2, -0.15) is 0 Å². The number of hydrogen-bond acceptors (Lipinski definition) is 2. The lowest BCUT2D eigenvalue weighted by Crippen LogP contribution is -2.74. The third kappa shape index (κ3) is 3.22. The predicted octanol–water partition coefficient (Wildman–Crippen LogP) is 0.744. The van der Waals surface area contributed by atoms with Crippen LogP contribution in [0.1, 0.15) is 26.0 Å². The minimum atomic E-state index is -5.91. The zero-order chi connectivity index (χ0) is 35.9. The van der Waals surface area contributed by atoms with Crippen molar-refractivity contribution in [1.29, 1.82) is 0 Å². The SMILES string of the molecule is [2H]c1c([2H])c([2H])c([Si](c2c([2H])c([2H])c([2H])c([2H])c2[2H])(c2c([2H])c([2H])c([2H])c([2H])c2[2H])c2c([2H])c([2H])c(B(O)O)c([2H])c2[2H])c([2H])c1[2H]. The minimum absolute atomic E-state index is 0.980. The molecule has 0 atom stereocenters. The average molecular weight is 399 g/mol. The zero-order valence-electron chi connectivity index (χ0n) is 33.0. The van der Waals surface area contributed by atoms with Crippen molar-refractivity contribution in [1.82, 2.24) is 0 Å². The van der Waals surface area contributed by atoms with Gasteiger partial charge in [0.1, 0.15) is 0 Å². The van der Waals surface area contributed by atoms with Crippen LogP contribution in [0.2, 0.25) is 0 Å². The quantitative estimate of drug-likeness (QED) is 0.384. The van der Waals surface area contributed by atoms with Gasteiger partial charge < -0.3 is 10.0 Å². The molecule has 0 saturated heterocycles. The topological polar surface area (TPSA) is 40.5 Å². The van der Waals surface area contributed by atoms with Crippen LogP contribution in [0, 0.1) is 0 Å². The molecule has 2 N–H and O–H groups in total. The van der Waals surface area contributed by atoms with Crippen LogP contribution in [0.4, 0.5) is 0 Å². The van der Waals surface area contributed by atoms with Gasteiger partial charge in [-0.15, -0.1) is 0 Å². The molecule has 0 aliphatic heterocycles. The molecule has 0 aromatic heterocycles. The van der Waals surface area contributed by atoms with E-state index in [1.807, 2.05) is 0 Å². The standard InChI is InChI=1S/C24H21BO2Si/c26-25(27)20-16-18-24(19-17-20)28(21-10-4-1-5-11-21,22-12-6-2-7-13-22)23-14-8-3-9-15-23/h1-19,26-27H/i1D,2D,3D,4D,5D,6D,7D,8D,9D,10D,11D,12D,13D,14D,15D,16D,17D,18D,19D. The van der Waals surface area contributed by atoms with Crippen molar-refractivity contribution >= 4 is 41.4 Å². The second-order valence-corrected chi connectivity index (χ2v) is 8.91. The van der Waals surface area contributed by atoms with Gasteiger partial charge in [-0.3, -0.25) is 0 Å². The third-order valence-corrected chi connectivity index (χ3v) is 7.90. The van der Waals surface area contributed by atoms with Gasteiger partial charge in [0, 0.05) is 0 Å². The van der Waals surface area contributed by atoms with Crippen LogP contribution >= 0.6 is 0 Å². The molecule has 0 spiro atoms. The van der Waals surface area contributed by atoms with E-state index in [1.165, 1.54) is 0 Å². The summed E-state index contributed by atoms with van der Waals surface area (Å²) in [6.45, 7) is 0. The van der Waals surface area contributed by atoms with Crippen LogP contribution in [-0.4, -0.2) is 25.2 Å². The van der Waals surface area contributed by atoms with Crippen LogP contribution in [0.3, 0.4) is 0 Å². The van der Waals surface area contributed by atoms with Crippen molar-refractivity contribution in [2.45, 2.75) is 0 Å². The van der Waals surface area contributed by atoms with Crippen molar-refractivity contribution < 1.29 is 36.1 Å². The highest BCUT2D eigenvalue weighted by molar-refractivity contribution is 7.19. The van der Waals surface area contributed by atoms with E-state index in [1.54, 1.807) is 0 Å². The molecule has 136 valence electrons. The maximum Gasteiger partial charge on any atom is 0.488 e. The Morgan fingerprint density at radius 2 is 0.821 bits per heavy atom. The molecule has 4 rings (SSSR count). The van der Waals surface area contributed by atoms with E-state index >= 15 is 0 Å². The Hall–Kier alpha value is -2.92. The lowest BCUT2D eigenvalue weighted by Gasteiger charge is -2.34. The largest absolute Gasteiger partial charge is 0.488 e. The normalized spacial score (nSPS) is 20.7. The monoisotopic (exact) mass is 399 g/mol. The van der Waals surface area contributed by atoms with Crippen LogP contribution in [-0.2, 0) is 0 Å². The van der Waals surface area contributed by atoms with Crippen LogP contribution in [0.15, 0.2) is 115 Å². The molecule has 0 unspecified atom stereocenters. The van der Waals surface area contributed by atoms with Gasteiger partial charge in [-0.25, -0.2) is 0 Å². The van der Waals surface area contributed by atoms with Gasteiger partial charge in [0.2, 0.25) is 0 Å².